The van der Waals surface area contributed by atoms with Crippen molar-refractivity contribution in [3.8, 4) is 0 Å². The number of aromatic nitrogens is 1. The third kappa shape index (κ3) is 4.06. The summed E-state index contributed by atoms with van der Waals surface area (Å²) >= 11 is 11.8. The normalized spacial score (nSPS) is 16.1. The van der Waals surface area contributed by atoms with E-state index in [2.05, 4.69) is 15.2 Å². The molecular formula is C13H18Cl2N4O. The standard InChI is InChI=1S/C13H18Cl2N4O/c1-18(6-7-19-4-2-16-3-5-19)13(20)12-11(15)8-10(14)9-17-12/h8-9,16H,2-7H2,1H3. The fourth-order valence-electron chi connectivity index (χ4n) is 2.08. The number of hydrogen-bond donors (Lipinski definition) is 1. The van der Waals surface area contributed by atoms with E-state index in [1.54, 1.807) is 11.9 Å². The van der Waals surface area contributed by atoms with Gasteiger partial charge in [0, 0.05) is 52.5 Å². The first-order chi connectivity index (χ1) is 9.58. The Morgan fingerprint density at radius 2 is 2.15 bits per heavy atom. The molecule has 1 aliphatic heterocycles. The molecule has 0 bridgehead atoms. The van der Waals surface area contributed by atoms with E-state index in [4.69, 9.17) is 23.2 Å². The number of hydrogen-bond acceptors (Lipinski definition) is 4. The highest BCUT2D eigenvalue weighted by Gasteiger charge is 2.18. The number of nitrogens with one attached hydrogen (secondary N) is 1. The van der Waals surface area contributed by atoms with Crippen molar-refractivity contribution < 1.29 is 4.79 Å². The predicted molar refractivity (Wildman–Crippen MR) is 80.5 cm³/mol. The Bertz CT molecular complexity index is 477. The van der Waals surface area contributed by atoms with E-state index in [-0.39, 0.29) is 16.6 Å². The molecule has 0 unspecified atom stereocenters. The van der Waals surface area contributed by atoms with Crippen molar-refractivity contribution in [2.75, 3.05) is 46.3 Å². The van der Waals surface area contributed by atoms with Crippen LogP contribution < -0.4 is 5.32 Å². The number of rotatable bonds is 4. The Labute approximate surface area is 128 Å². The van der Waals surface area contributed by atoms with E-state index in [0.717, 1.165) is 32.7 Å². The van der Waals surface area contributed by atoms with Gasteiger partial charge in [0.2, 0.25) is 0 Å². The van der Waals surface area contributed by atoms with Crippen LogP contribution in [0.25, 0.3) is 0 Å². The number of piperazine rings is 1. The molecule has 0 atom stereocenters. The summed E-state index contributed by atoms with van der Waals surface area (Å²) in [6, 6.07) is 1.54. The van der Waals surface area contributed by atoms with Crippen molar-refractivity contribution in [2.24, 2.45) is 0 Å². The van der Waals surface area contributed by atoms with E-state index in [1.165, 1.54) is 12.3 Å². The molecule has 0 saturated carbocycles. The number of halogens is 2. The fraction of sp³-hybridized carbons (Fsp3) is 0.538. The average Bonchev–Trinajstić information content (AvgIpc) is 2.45. The molecule has 1 aromatic rings. The molecule has 2 heterocycles. The van der Waals surface area contributed by atoms with Gasteiger partial charge in [0.15, 0.2) is 0 Å². The van der Waals surface area contributed by atoms with Gasteiger partial charge in [-0.1, -0.05) is 23.2 Å². The van der Waals surface area contributed by atoms with Crippen LogP contribution in [0.5, 0.6) is 0 Å². The van der Waals surface area contributed by atoms with Gasteiger partial charge in [-0.25, -0.2) is 4.98 Å². The van der Waals surface area contributed by atoms with Gasteiger partial charge >= 0.3 is 0 Å². The van der Waals surface area contributed by atoms with Gasteiger partial charge in [-0.05, 0) is 6.07 Å². The number of amides is 1. The van der Waals surface area contributed by atoms with Crippen LogP contribution in [0.4, 0.5) is 0 Å². The maximum Gasteiger partial charge on any atom is 0.273 e. The molecule has 1 fully saturated rings. The van der Waals surface area contributed by atoms with Crippen molar-refractivity contribution >= 4 is 29.1 Å². The molecular weight excluding hydrogens is 299 g/mol. The van der Waals surface area contributed by atoms with Crippen molar-refractivity contribution in [3.05, 3.63) is 28.0 Å². The minimum atomic E-state index is -0.179. The van der Waals surface area contributed by atoms with Gasteiger partial charge in [0.1, 0.15) is 5.69 Å². The third-order valence-corrected chi connectivity index (χ3v) is 3.81. The smallest absolute Gasteiger partial charge is 0.273 e. The van der Waals surface area contributed by atoms with Crippen LogP contribution in [-0.4, -0.2) is 67.0 Å². The van der Waals surface area contributed by atoms with Crippen LogP contribution in [0.1, 0.15) is 10.5 Å². The Kier molecular flexibility index (Phi) is 5.60. The summed E-state index contributed by atoms with van der Waals surface area (Å²) in [7, 11) is 1.76. The van der Waals surface area contributed by atoms with Gasteiger partial charge < -0.3 is 10.2 Å². The molecule has 0 aliphatic carbocycles. The summed E-state index contributed by atoms with van der Waals surface area (Å²) < 4.78 is 0. The summed E-state index contributed by atoms with van der Waals surface area (Å²) in [5.74, 6) is -0.179. The number of carbonyl (C=O) groups excluding carboxylic acids is 1. The van der Waals surface area contributed by atoms with Crippen molar-refractivity contribution in [3.63, 3.8) is 0 Å². The maximum absolute atomic E-state index is 12.3. The molecule has 110 valence electrons. The molecule has 7 heteroatoms. The molecule has 1 N–H and O–H groups in total. The number of pyridine rings is 1. The summed E-state index contributed by atoms with van der Waals surface area (Å²) in [5.41, 5.74) is 0.249. The minimum Gasteiger partial charge on any atom is -0.339 e. The summed E-state index contributed by atoms with van der Waals surface area (Å²) in [6.07, 6.45) is 1.44. The van der Waals surface area contributed by atoms with Gasteiger partial charge in [-0.2, -0.15) is 0 Å². The molecule has 2 rings (SSSR count). The molecule has 1 aromatic heterocycles. The van der Waals surface area contributed by atoms with Crippen molar-refractivity contribution in [1.82, 2.24) is 20.1 Å². The molecule has 5 nitrogen and oxygen atoms in total. The molecule has 0 radical (unpaired) electrons. The first-order valence-corrected chi connectivity index (χ1v) is 7.33. The Hall–Kier alpha value is -0.880. The Morgan fingerprint density at radius 3 is 2.80 bits per heavy atom. The highest BCUT2D eigenvalue weighted by atomic mass is 35.5. The van der Waals surface area contributed by atoms with Crippen molar-refractivity contribution in [2.45, 2.75) is 0 Å². The fourth-order valence-corrected chi connectivity index (χ4v) is 2.54. The summed E-state index contributed by atoms with van der Waals surface area (Å²) in [5, 5.41) is 4.02. The monoisotopic (exact) mass is 316 g/mol. The lowest BCUT2D eigenvalue weighted by Gasteiger charge is -2.29. The third-order valence-electron chi connectivity index (χ3n) is 3.32. The second-order valence-electron chi connectivity index (χ2n) is 4.80. The number of likely N-dealkylation sites (N-methyl/N-ethyl adjacent to an activating group) is 1. The average molecular weight is 317 g/mol. The minimum absolute atomic E-state index is 0.179. The van der Waals surface area contributed by atoms with Crippen LogP contribution in [0, 0.1) is 0 Å². The van der Waals surface area contributed by atoms with Crippen LogP contribution in [0.3, 0.4) is 0 Å². The Balaban J connectivity index is 1.90. The van der Waals surface area contributed by atoms with Gasteiger partial charge in [0.25, 0.3) is 5.91 Å². The van der Waals surface area contributed by atoms with Gasteiger partial charge in [-0.15, -0.1) is 0 Å². The second kappa shape index (κ2) is 7.22. The molecule has 1 saturated heterocycles. The Morgan fingerprint density at radius 1 is 1.45 bits per heavy atom. The quantitative estimate of drug-likeness (QED) is 0.911. The summed E-state index contributed by atoms with van der Waals surface area (Å²) in [4.78, 5) is 20.2. The van der Waals surface area contributed by atoms with Gasteiger partial charge in [0.05, 0.1) is 10.0 Å². The number of carbonyl (C=O) groups is 1. The lowest BCUT2D eigenvalue weighted by atomic mass is 10.3. The molecule has 20 heavy (non-hydrogen) atoms. The topological polar surface area (TPSA) is 48.5 Å². The largest absolute Gasteiger partial charge is 0.339 e. The zero-order valence-corrected chi connectivity index (χ0v) is 12.9. The lowest BCUT2D eigenvalue weighted by molar-refractivity contribution is 0.0769. The maximum atomic E-state index is 12.3. The van der Waals surface area contributed by atoms with E-state index >= 15 is 0 Å². The molecule has 0 spiro atoms. The molecule has 0 aromatic carbocycles. The SMILES string of the molecule is CN(CCN1CCNCC1)C(=O)c1ncc(Cl)cc1Cl. The van der Waals surface area contributed by atoms with Crippen LogP contribution in [0.15, 0.2) is 12.3 Å². The van der Waals surface area contributed by atoms with E-state index < -0.39 is 0 Å². The predicted octanol–water partition coefficient (Wildman–Crippen LogP) is 1.37. The van der Waals surface area contributed by atoms with Crippen LogP contribution in [-0.2, 0) is 0 Å². The van der Waals surface area contributed by atoms with E-state index in [9.17, 15) is 4.79 Å². The second-order valence-corrected chi connectivity index (χ2v) is 5.65. The molecule has 1 amide bonds. The highest BCUT2D eigenvalue weighted by Crippen LogP contribution is 2.19. The first kappa shape index (κ1) is 15.5. The van der Waals surface area contributed by atoms with E-state index in [1.807, 2.05) is 0 Å². The molecule has 1 aliphatic rings. The highest BCUT2D eigenvalue weighted by molar-refractivity contribution is 6.36. The lowest BCUT2D eigenvalue weighted by Crippen LogP contribution is -2.46. The summed E-state index contributed by atoms with van der Waals surface area (Å²) in [6.45, 7) is 5.54. The first-order valence-electron chi connectivity index (χ1n) is 6.57. The zero-order chi connectivity index (χ0) is 14.5. The zero-order valence-electron chi connectivity index (χ0n) is 11.4. The van der Waals surface area contributed by atoms with E-state index in [0.29, 0.717) is 11.6 Å². The number of nitrogens with zero attached hydrogens (tertiary/aromatic N) is 3. The van der Waals surface area contributed by atoms with Crippen LogP contribution >= 0.6 is 23.2 Å². The van der Waals surface area contributed by atoms with Crippen molar-refractivity contribution in [1.29, 1.82) is 0 Å². The van der Waals surface area contributed by atoms with Crippen LogP contribution in [0.2, 0.25) is 10.0 Å². The van der Waals surface area contributed by atoms with Gasteiger partial charge in [-0.3, -0.25) is 9.69 Å².